The molecular weight excluding hydrogens is 465 g/mol. The van der Waals surface area contributed by atoms with Gasteiger partial charge in [0.2, 0.25) is 0 Å². The van der Waals surface area contributed by atoms with Gasteiger partial charge >= 0.3 is 12.1 Å². The van der Waals surface area contributed by atoms with Gasteiger partial charge in [-0.15, -0.1) is 0 Å². The molecule has 2 rings (SSSR count). The lowest BCUT2D eigenvalue weighted by Crippen LogP contribution is -2.22. The highest BCUT2D eigenvalue weighted by molar-refractivity contribution is 6.00. The van der Waals surface area contributed by atoms with E-state index in [1.807, 2.05) is 30.3 Å². The number of halogens is 1. The molecule has 0 bridgehead atoms. The molecule has 0 unspecified atom stereocenters. The SMILES string of the molecule is COC(=O)c1cc(F)c(NCCCNCCCCNCCCN)cc1NC(=O)OCc1ccccc1. The van der Waals surface area contributed by atoms with Crippen molar-refractivity contribution in [1.29, 1.82) is 0 Å². The van der Waals surface area contributed by atoms with Crippen molar-refractivity contribution in [1.82, 2.24) is 10.6 Å². The van der Waals surface area contributed by atoms with Crippen LogP contribution < -0.4 is 27.0 Å². The van der Waals surface area contributed by atoms with Crippen LogP contribution in [0.15, 0.2) is 42.5 Å². The van der Waals surface area contributed by atoms with Crippen LogP contribution in [0.2, 0.25) is 0 Å². The number of anilines is 2. The summed E-state index contributed by atoms with van der Waals surface area (Å²) in [6.45, 7) is 4.93. The second kappa shape index (κ2) is 17.3. The number of unbranched alkanes of at least 4 members (excludes halogenated alkanes) is 1. The van der Waals surface area contributed by atoms with E-state index in [4.69, 9.17) is 15.2 Å². The molecule has 6 N–H and O–H groups in total. The van der Waals surface area contributed by atoms with Crippen molar-refractivity contribution in [3.63, 3.8) is 0 Å². The minimum atomic E-state index is -0.766. The molecule has 0 aromatic heterocycles. The van der Waals surface area contributed by atoms with Gasteiger partial charge in [-0.05, 0) is 76.1 Å². The summed E-state index contributed by atoms with van der Waals surface area (Å²) in [5.41, 5.74) is 6.44. The van der Waals surface area contributed by atoms with Gasteiger partial charge in [-0.25, -0.2) is 14.0 Å². The molecule has 0 aliphatic carbocycles. The van der Waals surface area contributed by atoms with Crippen molar-refractivity contribution in [2.45, 2.75) is 32.3 Å². The van der Waals surface area contributed by atoms with E-state index in [1.165, 1.54) is 13.2 Å². The van der Waals surface area contributed by atoms with E-state index in [0.717, 1.165) is 63.5 Å². The number of ether oxygens (including phenoxy) is 2. The summed E-state index contributed by atoms with van der Waals surface area (Å²) in [5.74, 6) is -1.38. The molecule has 0 radical (unpaired) electrons. The highest BCUT2D eigenvalue weighted by atomic mass is 19.1. The molecule has 36 heavy (non-hydrogen) atoms. The zero-order valence-electron chi connectivity index (χ0n) is 20.9. The molecule has 0 aliphatic heterocycles. The molecule has 1 amide bonds. The molecule has 10 heteroatoms. The monoisotopic (exact) mass is 503 g/mol. The normalized spacial score (nSPS) is 10.6. The molecule has 0 aliphatic rings. The molecule has 0 heterocycles. The fraction of sp³-hybridized carbons (Fsp3) is 0.462. The maximum Gasteiger partial charge on any atom is 0.411 e. The minimum absolute atomic E-state index is 0.0599. The second-order valence-electron chi connectivity index (χ2n) is 8.19. The van der Waals surface area contributed by atoms with Crippen molar-refractivity contribution >= 4 is 23.4 Å². The summed E-state index contributed by atoms with van der Waals surface area (Å²) in [7, 11) is 1.19. The predicted molar refractivity (Wildman–Crippen MR) is 140 cm³/mol. The lowest BCUT2D eigenvalue weighted by molar-refractivity contribution is 0.0601. The van der Waals surface area contributed by atoms with Crippen LogP contribution >= 0.6 is 0 Å². The molecule has 0 saturated heterocycles. The Kier molecular flexibility index (Phi) is 13.9. The highest BCUT2D eigenvalue weighted by Gasteiger charge is 2.19. The smallest absolute Gasteiger partial charge is 0.411 e. The average Bonchev–Trinajstić information content (AvgIpc) is 2.89. The Bertz CT molecular complexity index is 930. The van der Waals surface area contributed by atoms with Crippen LogP contribution in [0.5, 0.6) is 0 Å². The van der Waals surface area contributed by atoms with Crippen molar-refractivity contribution < 1.29 is 23.5 Å². The summed E-state index contributed by atoms with van der Waals surface area (Å²) in [5, 5.41) is 12.3. The quantitative estimate of drug-likeness (QED) is 0.164. The Hall–Kier alpha value is -3.21. The van der Waals surface area contributed by atoms with Gasteiger partial charge in [0.05, 0.1) is 24.0 Å². The van der Waals surface area contributed by atoms with Gasteiger partial charge in [0.25, 0.3) is 0 Å². The zero-order valence-corrected chi connectivity index (χ0v) is 20.9. The van der Waals surface area contributed by atoms with Gasteiger partial charge < -0.3 is 31.2 Å². The Morgan fingerprint density at radius 1 is 0.889 bits per heavy atom. The first-order valence-electron chi connectivity index (χ1n) is 12.3. The van der Waals surface area contributed by atoms with Gasteiger partial charge in [0.1, 0.15) is 12.4 Å². The third-order valence-corrected chi connectivity index (χ3v) is 5.32. The van der Waals surface area contributed by atoms with Crippen LogP contribution in [0.1, 0.15) is 41.6 Å². The number of amides is 1. The number of hydrogen-bond donors (Lipinski definition) is 5. The Labute approximate surface area is 212 Å². The number of rotatable bonds is 17. The topological polar surface area (TPSA) is 127 Å². The largest absolute Gasteiger partial charge is 0.465 e. The van der Waals surface area contributed by atoms with Crippen molar-refractivity contribution in [3.05, 3.63) is 59.4 Å². The number of hydrogen-bond acceptors (Lipinski definition) is 8. The predicted octanol–water partition coefficient (Wildman–Crippen LogP) is 3.47. The highest BCUT2D eigenvalue weighted by Crippen LogP contribution is 2.26. The summed E-state index contributed by atoms with van der Waals surface area (Å²) in [6.07, 6.45) is 3.17. The van der Waals surface area contributed by atoms with E-state index in [-0.39, 0.29) is 23.5 Å². The van der Waals surface area contributed by atoms with Crippen LogP contribution in [0.4, 0.5) is 20.6 Å². The number of benzene rings is 2. The van der Waals surface area contributed by atoms with Gasteiger partial charge in [0.15, 0.2) is 0 Å². The third kappa shape index (κ3) is 11.0. The number of carbonyl (C=O) groups excluding carboxylic acids is 2. The van der Waals surface area contributed by atoms with Gasteiger partial charge in [-0.1, -0.05) is 30.3 Å². The number of nitrogens with two attached hydrogens (primary N) is 1. The minimum Gasteiger partial charge on any atom is -0.465 e. The molecule has 198 valence electrons. The lowest BCUT2D eigenvalue weighted by Gasteiger charge is -2.14. The van der Waals surface area contributed by atoms with E-state index in [1.54, 1.807) is 0 Å². The maximum absolute atomic E-state index is 14.6. The Morgan fingerprint density at radius 3 is 2.22 bits per heavy atom. The molecule has 0 atom stereocenters. The molecular formula is C26H38FN5O4. The molecule has 0 saturated carbocycles. The first kappa shape index (κ1) is 29.0. The Morgan fingerprint density at radius 2 is 1.56 bits per heavy atom. The number of methoxy groups -OCH3 is 1. The number of esters is 1. The average molecular weight is 504 g/mol. The maximum atomic E-state index is 14.6. The van der Waals surface area contributed by atoms with Gasteiger partial charge in [-0.2, -0.15) is 0 Å². The number of nitrogens with one attached hydrogen (secondary N) is 4. The lowest BCUT2D eigenvalue weighted by atomic mass is 10.1. The van der Waals surface area contributed by atoms with Crippen molar-refractivity contribution in [2.24, 2.45) is 5.73 Å². The van der Waals surface area contributed by atoms with Crippen molar-refractivity contribution in [2.75, 3.05) is 57.0 Å². The van der Waals surface area contributed by atoms with Crippen molar-refractivity contribution in [3.8, 4) is 0 Å². The molecule has 2 aromatic rings. The van der Waals surface area contributed by atoms with E-state index >= 15 is 0 Å². The summed E-state index contributed by atoms with van der Waals surface area (Å²) in [6, 6.07) is 11.6. The fourth-order valence-electron chi connectivity index (χ4n) is 3.37. The molecule has 0 spiro atoms. The summed E-state index contributed by atoms with van der Waals surface area (Å²) in [4.78, 5) is 24.4. The summed E-state index contributed by atoms with van der Waals surface area (Å²) < 4.78 is 24.6. The fourth-order valence-corrected chi connectivity index (χ4v) is 3.37. The van der Waals surface area contributed by atoms with Gasteiger partial charge in [-0.3, -0.25) is 5.32 Å². The molecule has 0 fully saturated rings. The van der Waals surface area contributed by atoms with Gasteiger partial charge in [0, 0.05) is 6.54 Å². The first-order valence-corrected chi connectivity index (χ1v) is 12.3. The van der Waals surface area contributed by atoms with Crippen LogP contribution in [0.3, 0.4) is 0 Å². The van der Waals surface area contributed by atoms with E-state index < -0.39 is 17.9 Å². The second-order valence-corrected chi connectivity index (χ2v) is 8.19. The third-order valence-electron chi connectivity index (χ3n) is 5.32. The van der Waals surface area contributed by atoms with E-state index in [0.29, 0.717) is 13.1 Å². The van der Waals surface area contributed by atoms with Crippen LogP contribution in [0.25, 0.3) is 0 Å². The number of carbonyl (C=O) groups is 2. The zero-order chi connectivity index (χ0) is 26.0. The van der Waals surface area contributed by atoms with E-state index in [9.17, 15) is 14.0 Å². The van der Waals surface area contributed by atoms with Crippen LogP contribution in [-0.4, -0.2) is 58.4 Å². The molecule has 9 nitrogen and oxygen atoms in total. The van der Waals surface area contributed by atoms with Crippen LogP contribution in [0, 0.1) is 5.82 Å². The molecule has 2 aromatic carbocycles. The first-order chi connectivity index (χ1) is 17.5. The summed E-state index contributed by atoms with van der Waals surface area (Å²) >= 11 is 0. The Balaban J connectivity index is 1.80. The van der Waals surface area contributed by atoms with Crippen LogP contribution in [-0.2, 0) is 16.1 Å². The standard InChI is InChI=1S/C26H38FN5O4/c1-35-25(33)21-17-22(27)24(31-16-8-15-30-13-6-5-12-29-14-7-11-28)18-23(21)32-26(34)36-19-20-9-3-2-4-10-20/h2-4,9-10,17-18,29-31H,5-8,11-16,19,28H2,1H3,(H,32,34). The van der Waals surface area contributed by atoms with E-state index in [2.05, 4.69) is 21.3 Å².